The van der Waals surface area contributed by atoms with Crippen molar-refractivity contribution in [2.75, 3.05) is 19.6 Å². The molecule has 0 spiro atoms. The predicted molar refractivity (Wildman–Crippen MR) is 104 cm³/mol. The Morgan fingerprint density at radius 3 is 2.63 bits per heavy atom. The van der Waals surface area contributed by atoms with E-state index in [2.05, 4.69) is 46.1 Å². The average molecular weight is 367 g/mol. The minimum atomic E-state index is -0.145. The summed E-state index contributed by atoms with van der Waals surface area (Å²) in [5.74, 6) is 2.83. The molecule has 2 aliphatic rings. The lowest BCUT2D eigenvalue weighted by Crippen LogP contribution is -2.41. The molecule has 4 rings (SSSR count). The molecule has 1 aromatic carbocycles. The van der Waals surface area contributed by atoms with Gasteiger partial charge < -0.3 is 14.8 Å². The van der Waals surface area contributed by atoms with E-state index >= 15 is 0 Å². The maximum Gasteiger partial charge on any atom is 0.223 e. The maximum absolute atomic E-state index is 12.9. The van der Waals surface area contributed by atoms with E-state index in [9.17, 15) is 4.79 Å². The number of piperidine rings is 1. The van der Waals surface area contributed by atoms with Crippen LogP contribution in [0.15, 0.2) is 30.3 Å². The van der Waals surface area contributed by atoms with Crippen molar-refractivity contribution in [2.45, 2.75) is 57.5 Å². The van der Waals surface area contributed by atoms with Gasteiger partial charge in [0.05, 0.1) is 6.54 Å². The molecule has 6 heteroatoms. The van der Waals surface area contributed by atoms with Crippen LogP contribution in [0.5, 0.6) is 0 Å². The van der Waals surface area contributed by atoms with Crippen LogP contribution >= 0.6 is 0 Å². The molecule has 0 saturated carbocycles. The van der Waals surface area contributed by atoms with Crippen molar-refractivity contribution in [2.24, 2.45) is 0 Å². The first-order valence-electron chi connectivity index (χ1n) is 10.0. The van der Waals surface area contributed by atoms with Crippen molar-refractivity contribution in [1.29, 1.82) is 0 Å². The van der Waals surface area contributed by atoms with Gasteiger partial charge in [-0.05, 0) is 23.8 Å². The van der Waals surface area contributed by atoms with Crippen LogP contribution in [0.1, 0.15) is 56.2 Å². The van der Waals surface area contributed by atoms with Crippen molar-refractivity contribution in [3.8, 4) is 0 Å². The van der Waals surface area contributed by atoms with Crippen LogP contribution in [0.2, 0.25) is 0 Å². The Bertz CT molecular complexity index is 790. The molecule has 0 radical (unpaired) electrons. The van der Waals surface area contributed by atoms with Gasteiger partial charge in [-0.2, -0.15) is 0 Å². The Morgan fingerprint density at radius 2 is 1.89 bits per heavy atom. The molecule has 0 aliphatic carbocycles. The molecule has 2 aromatic rings. The summed E-state index contributed by atoms with van der Waals surface area (Å²) in [5.41, 5.74) is 1.07. The topological polar surface area (TPSA) is 63.1 Å². The number of nitrogens with one attached hydrogen (secondary N) is 1. The number of nitrogens with zero attached hydrogens (tertiary/aromatic N) is 4. The number of fused-ring (bicyclic) bond motifs is 1. The van der Waals surface area contributed by atoms with Crippen molar-refractivity contribution in [1.82, 2.24) is 25.0 Å². The Balaban J connectivity index is 1.36. The number of aromatic nitrogens is 3. The van der Waals surface area contributed by atoms with E-state index in [0.717, 1.165) is 57.2 Å². The minimum Gasteiger partial charge on any atom is -0.343 e. The zero-order chi connectivity index (χ0) is 18.9. The highest BCUT2D eigenvalue weighted by Gasteiger charge is 2.31. The van der Waals surface area contributed by atoms with Crippen LogP contribution in [0.3, 0.4) is 0 Å². The minimum absolute atomic E-state index is 0.145. The van der Waals surface area contributed by atoms with E-state index in [1.807, 2.05) is 23.1 Å². The first kappa shape index (κ1) is 18.2. The fraction of sp³-hybridized carbons (Fsp3) is 0.571. The fourth-order valence-corrected chi connectivity index (χ4v) is 4.28. The summed E-state index contributed by atoms with van der Waals surface area (Å²) in [6.45, 7) is 8.67. The molecule has 0 unspecified atom stereocenters. The molecule has 0 bridgehead atoms. The standard InChI is InChI=1S/C21H29N5O/c1-21(2,17-6-4-3-5-7-17)14-19(27)25-11-8-16(9-12-25)20-24-23-18-15-22-10-13-26(18)20/h3-7,16,22H,8-15H2,1-2H3. The molecule has 1 saturated heterocycles. The smallest absolute Gasteiger partial charge is 0.223 e. The zero-order valence-corrected chi connectivity index (χ0v) is 16.3. The molecule has 6 nitrogen and oxygen atoms in total. The van der Waals surface area contributed by atoms with Crippen LogP contribution in [0, 0.1) is 0 Å². The predicted octanol–water partition coefficient (Wildman–Crippen LogP) is 2.46. The van der Waals surface area contributed by atoms with Gasteiger partial charge in [0.1, 0.15) is 11.6 Å². The molecule has 144 valence electrons. The SMILES string of the molecule is CC(C)(CC(=O)N1CCC(c2nnc3n2CCNC3)CC1)c1ccccc1. The van der Waals surface area contributed by atoms with Crippen molar-refractivity contribution < 1.29 is 4.79 Å². The molecule has 2 aliphatic heterocycles. The number of carbonyl (C=O) groups is 1. The van der Waals surface area contributed by atoms with E-state index in [0.29, 0.717) is 12.3 Å². The third-order valence-corrected chi connectivity index (χ3v) is 6.01. The Labute approximate surface area is 161 Å². The second kappa shape index (κ2) is 7.43. The monoisotopic (exact) mass is 367 g/mol. The Hall–Kier alpha value is -2.21. The normalized spacial score (nSPS) is 18.4. The first-order chi connectivity index (χ1) is 13.0. The van der Waals surface area contributed by atoms with Crippen LogP contribution in [-0.2, 0) is 23.3 Å². The third-order valence-electron chi connectivity index (χ3n) is 6.01. The summed E-state index contributed by atoms with van der Waals surface area (Å²) in [6.07, 6.45) is 2.50. The van der Waals surface area contributed by atoms with Crippen molar-refractivity contribution >= 4 is 5.91 Å². The maximum atomic E-state index is 12.9. The van der Waals surface area contributed by atoms with E-state index in [-0.39, 0.29) is 11.3 Å². The summed E-state index contributed by atoms with van der Waals surface area (Å²) < 4.78 is 2.27. The van der Waals surface area contributed by atoms with Gasteiger partial charge in [-0.3, -0.25) is 4.79 Å². The van der Waals surface area contributed by atoms with Gasteiger partial charge in [-0.25, -0.2) is 0 Å². The van der Waals surface area contributed by atoms with E-state index in [1.165, 1.54) is 5.56 Å². The van der Waals surface area contributed by atoms with Crippen molar-refractivity contribution in [3.63, 3.8) is 0 Å². The summed E-state index contributed by atoms with van der Waals surface area (Å²) in [6, 6.07) is 10.3. The molecule has 1 amide bonds. The van der Waals surface area contributed by atoms with Gasteiger partial charge in [0.2, 0.25) is 5.91 Å². The summed E-state index contributed by atoms with van der Waals surface area (Å²) in [5, 5.41) is 12.1. The number of amides is 1. The molecular formula is C21H29N5O. The highest BCUT2D eigenvalue weighted by Crippen LogP contribution is 2.31. The molecule has 0 atom stereocenters. The molecule has 1 aromatic heterocycles. The fourth-order valence-electron chi connectivity index (χ4n) is 4.28. The number of carbonyl (C=O) groups excluding carboxylic acids is 1. The van der Waals surface area contributed by atoms with Gasteiger partial charge in [-0.1, -0.05) is 44.2 Å². The average Bonchev–Trinajstić information content (AvgIpc) is 3.13. The highest BCUT2D eigenvalue weighted by molar-refractivity contribution is 5.77. The lowest BCUT2D eigenvalue weighted by Gasteiger charge is -2.34. The molecule has 1 fully saturated rings. The van der Waals surface area contributed by atoms with Gasteiger partial charge >= 0.3 is 0 Å². The first-order valence-corrected chi connectivity index (χ1v) is 10.0. The lowest BCUT2D eigenvalue weighted by molar-refractivity contribution is -0.133. The Kier molecular flexibility index (Phi) is 5.00. The highest BCUT2D eigenvalue weighted by atomic mass is 16.2. The second-order valence-electron chi connectivity index (χ2n) is 8.38. The van der Waals surface area contributed by atoms with E-state index in [4.69, 9.17) is 0 Å². The second-order valence-corrected chi connectivity index (χ2v) is 8.38. The van der Waals surface area contributed by atoms with Crippen LogP contribution < -0.4 is 5.32 Å². The number of benzene rings is 1. The van der Waals surface area contributed by atoms with Crippen LogP contribution in [0.4, 0.5) is 0 Å². The van der Waals surface area contributed by atoms with Gasteiger partial charge in [0.15, 0.2) is 0 Å². The molecular weight excluding hydrogens is 338 g/mol. The number of hydrogen-bond acceptors (Lipinski definition) is 4. The molecule has 1 N–H and O–H groups in total. The van der Waals surface area contributed by atoms with Crippen LogP contribution in [0.25, 0.3) is 0 Å². The van der Waals surface area contributed by atoms with Gasteiger partial charge in [0.25, 0.3) is 0 Å². The number of likely N-dealkylation sites (tertiary alicyclic amines) is 1. The summed E-state index contributed by atoms with van der Waals surface area (Å²) in [7, 11) is 0. The lowest BCUT2D eigenvalue weighted by atomic mass is 9.81. The Morgan fingerprint density at radius 1 is 1.15 bits per heavy atom. The third kappa shape index (κ3) is 3.76. The molecule has 27 heavy (non-hydrogen) atoms. The number of hydrogen-bond donors (Lipinski definition) is 1. The van der Waals surface area contributed by atoms with Gasteiger partial charge in [-0.15, -0.1) is 10.2 Å². The largest absolute Gasteiger partial charge is 0.343 e. The summed E-state index contributed by atoms with van der Waals surface area (Å²) >= 11 is 0. The van der Waals surface area contributed by atoms with Crippen LogP contribution in [-0.4, -0.2) is 45.2 Å². The quantitative estimate of drug-likeness (QED) is 0.902. The number of rotatable bonds is 4. The van der Waals surface area contributed by atoms with E-state index < -0.39 is 0 Å². The van der Waals surface area contributed by atoms with E-state index in [1.54, 1.807) is 0 Å². The van der Waals surface area contributed by atoms with Crippen molar-refractivity contribution in [3.05, 3.63) is 47.5 Å². The van der Waals surface area contributed by atoms with Gasteiger partial charge in [0, 0.05) is 38.5 Å². The molecule has 3 heterocycles. The summed E-state index contributed by atoms with van der Waals surface area (Å²) in [4.78, 5) is 14.9. The zero-order valence-electron chi connectivity index (χ0n) is 16.3.